The van der Waals surface area contributed by atoms with E-state index in [-0.39, 0.29) is 10.8 Å². The van der Waals surface area contributed by atoms with Crippen molar-refractivity contribution in [3.63, 3.8) is 0 Å². The Bertz CT molecular complexity index is 1130. The molecule has 0 radical (unpaired) electrons. The Morgan fingerprint density at radius 2 is 1.50 bits per heavy atom. The quantitative estimate of drug-likeness (QED) is 0.474. The number of hydroxylamine groups is 1. The van der Waals surface area contributed by atoms with Gasteiger partial charge >= 0.3 is 0 Å². The van der Waals surface area contributed by atoms with Gasteiger partial charge in [0.15, 0.2) is 0 Å². The predicted molar refractivity (Wildman–Crippen MR) is 121 cm³/mol. The van der Waals surface area contributed by atoms with Crippen molar-refractivity contribution in [3.05, 3.63) is 101 Å². The highest BCUT2D eigenvalue weighted by Gasteiger charge is 2.20. The number of nitrogens with zero attached hydrogens (tertiary/aromatic N) is 1. The van der Waals surface area contributed by atoms with Crippen molar-refractivity contribution in [2.75, 3.05) is 14.2 Å². The molecule has 32 heavy (non-hydrogen) atoms. The molecule has 0 bridgehead atoms. The second kappa shape index (κ2) is 11.0. The number of benzene rings is 3. The Balaban J connectivity index is 1.54. The first-order chi connectivity index (χ1) is 15.4. The lowest BCUT2D eigenvalue weighted by atomic mass is 10.1. The van der Waals surface area contributed by atoms with E-state index in [2.05, 4.69) is 5.32 Å². The van der Waals surface area contributed by atoms with Crippen LogP contribution < -0.4 is 5.32 Å². The Hall–Kier alpha value is -3.04. The highest BCUT2D eigenvalue weighted by molar-refractivity contribution is 7.89. The van der Waals surface area contributed by atoms with Gasteiger partial charge in [-0.2, -0.15) is 0 Å². The largest absolute Gasteiger partial charge is 0.372 e. The third-order valence-electron chi connectivity index (χ3n) is 4.83. The molecule has 0 aromatic heterocycles. The fourth-order valence-corrected chi connectivity index (χ4v) is 3.97. The van der Waals surface area contributed by atoms with Crippen LogP contribution in [0.2, 0.25) is 0 Å². The normalized spacial score (nSPS) is 11.5. The van der Waals surface area contributed by atoms with Crippen LogP contribution in [0.4, 0.5) is 0 Å². The van der Waals surface area contributed by atoms with Crippen LogP contribution in [0.15, 0.2) is 83.8 Å². The summed E-state index contributed by atoms with van der Waals surface area (Å²) in [6.45, 7) is 1.36. The number of ether oxygens (including phenoxy) is 1. The molecule has 8 heteroatoms. The first kappa shape index (κ1) is 23.6. The summed E-state index contributed by atoms with van der Waals surface area (Å²) in [6.07, 6.45) is 0. The number of hydrogen-bond donors (Lipinski definition) is 1. The fraction of sp³-hybridized carbons (Fsp3) is 0.208. The van der Waals surface area contributed by atoms with E-state index in [0.29, 0.717) is 25.3 Å². The van der Waals surface area contributed by atoms with Crippen molar-refractivity contribution in [1.82, 2.24) is 9.79 Å². The summed E-state index contributed by atoms with van der Waals surface area (Å²) in [4.78, 5) is 17.3. The third kappa shape index (κ3) is 6.24. The van der Waals surface area contributed by atoms with Crippen LogP contribution in [0.5, 0.6) is 0 Å². The molecule has 0 aliphatic heterocycles. The predicted octanol–water partition coefficient (Wildman–Crippen LogP) is 3.52. The Morgan fingerprint density at radius 3 is 2.19 bits per heavy atom. The second-order valence-corrected chi connectivity index (χ2v) is 9.04. The van der Waals surface area contributed by atoms with Crippen molar-refractivity contribution in [3.8, 4) is 0 Å². The van der Waals surface area contributed by atoms with E-state index in [1.165, 1.54) is 38.4 Å². The zero-order valence-electron chi connectivity index (χ0n) is 18.0. The number of carbonyl (C=O) groups is 1. The van der Waals surface area contributed by atoms with E-state index < -0.39 is 10.0 Å². The molecular weight excluding hydrogens is 428 g/mol. The maximum Gasteiger partial charge on any atom is 0.264 e. The van der Waals surface area contributed by atoms with Crippen molar-refractivity contribution in [2.45, 2.75) is 24.7 Å². The lowest BCUT2D eigenvalue weighted by Crippen LogP contribution is -2.26. The fourth-order valence-electron chi connectivity index (χ4n) is 3.00. The summed E-state index contributed by atoms with van der Waals surface area (Å²) in [5.74, 6) is -0.292. The van der Waals surface area contributed by atoms with Gasteiger partial charge in [-0.15, -0.1) is 0 Å². The van der Waals surface area contributed by atoms with Crippen LogP contribution in [-0.4, -0.2) is 33.0 Å². The molecule has 0 fully saturated rings. The average Bonchev–Trinajstić information content (AvgIpc) is 2.83. The van der Waals surface area contributed by atoms with Crippen LogP contribution in [0.1, 0.15) is 27.0 Å². The van der Waals surface area contributed by atoms with Gasteiger partial charge in [-0.25, -0.2) is 8.42 Å². The van der Waals surface area contributed by atoms with Crippen LogP contribution >= 0.6 is 0 Å². The molecule has 3 rings (SSSR count). The lowest BCUT2D eigenvalue weighted by Gasteiger charge is -2.14. The second-order valence-electron chi connectivity index (χ2n) is 7.10. The first-order valence-corrected chi connectivity index (χ1v) is 11.4. The van der Waals surface area contributed by atoms with Gasteiger partial charge in [-0.3, -0.25) is 9.63 Å². The summed E-state index contributed by atoms with van der Waals surface area (Å²) in [5, 5.41) is 2.85. The van der Waals surface area contributed by atoms with Gasteiger partial charge in [0.1, 0.15) is 0 Å². The summed E-state index contributed by atoms with van der Waals surface area (Å²) in [5.41, 5.74) is 3.44. The highest BCUT2D eigenvalue weighted by Crippen LogP contribution is 2.15. The standard InChI is InChI=1S/C24H26N2O5S/c1-26(30-2)32(28,29)23-13-11-22(12-14-23)24(27)25-16-20-9-6-10-21(15-20)18-31-17-19-7-4-3-5-8-19/h3-15H,16-18H2,1-2H3,(H,25,27). The Labute approximate surface area is 188 Å². The number of sulfonamides is 1. The minimum atomic E-state index is -3.75. The van der Waals surface area contributed by atoms with Crippen molar-refractivity contribution in [2.24, 2.45) is 0 Å². The van der Waals surface area contributed by atoms with Crippen molar-refractivity contribution < 1.29 is 22.8 Å². The van der Waals surface area contributed by atoms with Gasteiger partial charge in [0.25, 0.3) is 15.9 Å². The van der Waals surface area contributed by atoms with E-state index >= 15 is 0 Å². The van der Waals surface area contributed by atoms with Crippen LogP contribution in [0.25, 0.3) is 0 Å². The zero-order chi connectivity index (χ0) is 23.0. The molecule has 3 aromatic carbocycles. The molecule has 168 valence electrons. The van der Waals surface area contributed by atoms with Crippen LogP contribution in [0.3, 0.4) is 0 Å². The SMILES string of the molecule is CON(C)S(=O)(=O)c1ccc(C(=O)NCc2cccc(COCc3ccccc3)c2)cc1. The summed E-state index contributed by atoms with van der Waals surface area (Å²) < 4.78 is 31.0. The molecule has 1 amide bonds. The maximum absolute atomic E-state index is 12.5. The molecule has 0 spiro atoms. The number of rotatable bonds is 10. The van der Waals surface area contributed by atoms with E-state index in [9.17, 15) is 13.2 Å². The molecule has 0 saturated heterocycles. The van der Waals surface area contributed by atoms with E-state index in [0.717, 1.165) is 21.2 Å². The minimum Gasteiger partial charge on any atom is -0.372 e. The Morgan fingerprint density at radius 1 is 0.875 bits per heavy atom. The lowest BCUT2D eigenvalue weighted by molar-refractivity contribution is -0.0258. The number of carbonyl (C=O) groups excluding carboxylic acids is 1. The van der Waals surface area contributed by atoms with Gasteiger partial charge in [-0.05, 0) is 41.0 Å². The van der Waals surface area contributed by atoms with Gasteiger partial charge < -0.3 is 10.1 Å². The summed E-state index contributed by atoms with van der Waals surface area (Å²) >= 11 is 0. The topological polar surface area (TPSA) is 84.9 Å². The number of amides is 1. The first-order valence-electron chi connectivity index (χ1n) is 10.0. The number of nitrogens with one attached hydrogen (secondary N) is 1. The summed E-state index contributed by atoms with van der Waals surface area (Å²) in [7, 11) is -1.18. The molecular formula is C24H26N2O5S. The third-order valence-corrected chi connectivity index (χ3v) is 6.53. The monoisotopic (exact) mass is 454 g/mol. The average molecular weight is 455 g/mol. The molecule has 3 aromatic rings. The van der Waals surface area contributed by atoms with Gasteiger partial charge in [0.05, 0.1) is 25.2 Å². The van der Waals surface area contributed by atoms with E-state index in [4.69, 9.17) is 9.57 Å². The van der Waals surface area contributed by atoms with Crippen molar-refractivity contribution in [1.29, 1.82) is 0 Å². The van der Waals surface area contributed by atoms with Gasteiger partial charge in [0.2, 0.25) is 0 Å². The molecule has 0 aliphatic rings. The van der Waals surface area contributed by atoms with Crippen LogP contribution in [-0.2, 0) is 39.4 Å². The van der Waals surface area contributed by atoms with E-state index in [1.54, 1.807) is 0 Å². The Kier molecular flexibility index (Phi) is 8.13. The van der Waals surface area contributed by atoms with E-state index in [1.807, 2.05) is 54.6 Å². The zero-order valence-corrected chi connectivity index (χ0v) is 18.8. The molecule has 0 aliphatic carbocycles. The summed E-state index contributed by atoms with van der Waals surface area (Å²) in [6, 6.07) is 23.5. The molecule has 7 nitrogen and oxygen atoms in total. The van der Waals surface area contributed by atoms with Gasteiger partial charge in [-0.1, -0.05) is 59.1 Å². The van der Waals surface area contributed by atoms with Crippen molar-refractivity contribution >= 4 is 15.9 Å². The molecule has 0 heterocycles. The molecule has 1 N–H and O–H groups in total. The molecule has 0 unspecified atom stereocenters. The molecule has 0 atom stereocenters. The van der Waals surface area contributed by atoms with Crippen LogP contribution in [0, 0.1) is 0 Å². The molecule has 0 saturated carbocycles. The highest BCUT2D eigenvalue weighted by atomic mass is 32.2. The van der Waals surface area contributed by atoms with Gasteiger partial charge in [0, 0.05) is 19.2 Å². The number of hydrogen-bond acceptors (Lipinski definition) is 5. The smallest absolute Gasteiger partial charge is 0.264 e. The maximum atomic E-state index is 12.5. The minimum absolute atomic E-state index is 0.0432.